The van der Waals surface area contributed by atoms with Gasteiger partial charge in [-0.25, -0.2) is 14.8 Å². The van der Waals surface area contributed by atoms with Crippen molar-refractivity contribution < 1.29 is 42.1 Å². The molecule has 3 fully saturated rings. The molecule has 45 heavy (non-hydrogen) atoms. The molecule has 0 spiro atoms. The number of hydrogen-bond donors (Lipinski definition) is 1. The Balaban J connectivity index is 1.39. The molecule has 13 heteroatoms. The summed E-state index contributed by atoms with van der Waals surface area (Å²) in [7, 11) is 1.48. The molecule has 8 atom stereocenters. The molecule has 244 valence electrons. The van der Waals surface area contributed by atoms with Crippen LogP contribution in [0.5, 0.6) is 11.6 Å². The fraction of sp³-hybridized carbons (Fsp3) is 0.656. The molecule has 4 aliphatic rings. The lowest BCUT2D eigenvalue weighted by atomic mass is 9.85. The third-order valence-corrected chi connectivity index (χ3v) is 9.61. The van der Waals surface area contributed by atoms with Crippen LogP contribution in [0.2, 0.25) is 0 Å². The van der Waals surface area contributed by atoms with Crippen molar-refractivity contribution in [3.05, 3.63) is 23.9 Å². The number of hydrogen-bond acceptors (Lipinski definition) is 9. The topological polar surface area (TPSA) is 129 Å². The minimum atomic E-state index is -3.43. The number of alkyl halides is 2. The zero-order valence-corrected chi connectivity index (χ0v) is 26.1. The van der Waals surface area contributed by atoms with Crippen LogP contribution in [0.4, 0.5) is 13.6 Å². The molecule has 2 bridgehead atoms. The maximum absolute atomic E-state index is 16.0. The van der Waals surface area contributed by atoms with E-state index in [0.717, 1.165) is 6.42 Å². The van der Waals surface area contributed by atoms with Gasteiger partial charge in [0.15, 0.2) is 5.69 Å². The molecule has 0 radical (unpaired) electrons. The highest BCUT2D eigenvalue weighted by molar-refractivity contribution is 5.89. The lowest BCUT2D eigenvalue weighted by Crippen LogP contribution is -2.57. The monoisotopic (exact) mass is 630 g/mol. The molecular formula is C32H40F2N4O7. The number of nitrogens with zero attached hydrogens (tertiary/aromatic N) is 3. The van der Waals surface area contributed by atoms with Crippen molar-refractivity contribution in [2.75, 3.05) is 20.3 Å². The molecule has 1 aromatic heterocycles. The molecule has 1 N–H and O–H groups in total. The number of fused-ring (bicyclic) bond motifs is 7. The highest BCUT2D eigenvalue weighted by Gasteiger charge is 2.56. The summed E-state index contributed by atoms with van der Waals surface area (Å²) in [6.45, 7) is 7.07. The van der Waals surface area contributed by atoms with Gasteiger partial charge < -0.3 is 34.0 Å². The molecule has 2 saturated carbocycles. The average Bonchev–Trinajstić information content (AvgIpc) is 3.56. The van der Waals surface area contributed by atoms with Crippen molar-refractivity contribution in [3.63, 3.8) is 0 Å². The van der Waals surface area contributed by atoms with E-state index >= 15 is 8.78 Å². The highest BCUT2D eigenvalue weighted by Crippen LogP contribution is 2.54. The molecule has 2 unspecified atom stereocenters. The summed E-state index contributed by atoms with van der Waals surface area (Å²) in [6.07, 6.45) is -0.954. The van der Waals surface area contributed by atoms with Crippen molar-refractivity contribution in [1.82, 2.24) is 20.2 Å². The predicted molar refractivity (Wildman–Crippen MR) is 157 cm³/mol. The van der Waals surface area contributed by atoms with E-state index in [0.29, 0.717) is 29.9 Å². The first-order valence-electron chi connectivity index (χ1n) is 15.6. The maximum atomic E-state index is 16.0. The van der Waals surface area contributed by atoms with Crippen LogP contribution in [-0.4, -0.2) is 83.8 Å². The smallest absolute Gasteiger partial charge is 0.408 e. The van der Waals surface area contributed by atoms with Crippen LogP contribution in [-0.2, 0) is 25.0 Å². The molecular weight excluding hydrogens is 590 g/mol. The minimum absolute atomic E-state index is 0.0169. The summed E-state index contributed by atoms with van der Waals surface area (Å²) in [5.74, 6) is -3.86. The number of nitrogens with one attached hydrogen (secondary N) is 1. The second-order valence-electron chi connectivity index (χ2n) is 13.8. The molecule has 2 aliphatic carbocycles. The van der Waals surface area contributed by atoms with Gasteiger partial charge in [0, 0.05) is 25.0 Å². The van der Waals surface area contributed by atoms with Crippen LogP contribution >= 0.6 is 0 Å². The zero-order chi connectivity index (χ0) is 32.3. The number of methoxy groups -OCH3 is 1. The maximum Gasteiger partial charge on any atom is 0.408 e. The number of aromatic nitrogens is 2. The Morgan fingerprint density at radius 3 is 2.60 bits per heavy atom. The summed E-state index contributed by atoms with van der Waals surface area (Å²) in [6, 6.07) is 2.78. The third-order valence-electron chi connectivity index (χ3n) is 9.61. The Labute approximate surface area is 260 Å². The van der Waals surface area contributed by atoms with Crippen LogP contribution in [0, 0.1) is 23.2 Å². The SMILES string of the molecule is COc1ccc2nc3c(nc2c1)O[C@H]1CN(C(=O)[C@H](C(C)(C)C)NC(=O)O[C@@H]2CC4CC4[C@H]2OCCCC3(F)F)[C@H](C=O)[C@@H]1C. The molecule has 11 nitrogen and oxygen atoms in total. The van der Waals surface area contributed by atoms with Gasteiger partial charge in [0.1, 0.15) is 30.3 Å². The van der Waals surface area contributed by atoms with Gasteiger partial charge in [-0.15, -0.1) is 0 Å². The van der Waals surface area contributed by atoms with E-state index in [1.807, 2.05) is 0 Å². The van der Waals surface area contributed by atoms with Crippen molar-refractivity contribution in [2.45, 2.75) is 89.7 Å². The van der Waals surface area contributed by atoms with E-state index < -0.39 is 71.8 Å². The van der Waals surface area contributed by atoms with Crippen molar-refractivity contribution in [1.29, 1.82) is 0 Å². The first-order valence-corrected chi connectivity index (χ1v) is 15.6. The minimum Gasteiger partial charge on any atom is -0.497 e. The number of carbonyl (C=O) groups excluding carboxylic acids is 3. The molecule has 1 saturated heterocycles. The van der Waals surface area contributed by atoms with Crippen molar-refractivity contribution >= 4 is 29.3 Å². The van der Waals surface area contributed by atoms with Gasteiger partial charge in [-0.1, -0.05) is 27.7 Å². The predicted octanol–water partition coefficient (Wildman–Crippen LogP) is 4.25. The van der Waals surface area contributed by atoms with Crippen LogP contribution in [0.3, 0.4) is 0 Å². The summed E-state index contributed by atoms with van der Waals surface area (Å²) < 4.78 is 55.2. The number of halogens is 2. The normalized spacial score (nSPS) is 33.4. The molecule has 1 aromatic carbocycles. The first kappa shape index (κ1) is 31.4. The van der Waals surface area contributed by atoms with Crippen LogP contribution in [0.15, 0.2) is 18.2 Å². The Morgan fingerprint density at radius 1 is 1.11 bits per heavy atom. The second kappa shape index (κ2) is 11.6. The number of benzene rings is 1. The van der Waals surface area contributed by atoms with Crippen molar-refractivity contribution in [2.24, 2.45) is 23.2 Å². The van der Waals surface area contributed by atoms with Crippen LogP contribution in [0.25, 0.3) is 11.0 Å². The zero-order valence-electron chi connectivity index (χ0n) is 26.1. The number of carbonyl (C=O) groups is 3. The Kier molecular flexibility index (Phi) is 8.11. The second-order valence-corrected chi connectivity index (χ2v) is 13.8. The van der Waals surface area contributed by atoms with Gasteiger partial charge in [-0.3, -0.25) is 4.79 Å². The molecule has 2 amide bonds. The Morgan fingerprint density at radius 2 is 1.89 bits per heavy atom. The molecule has 6 rings (SSSR count). The third kappa shape index (κ3) is 6.03. The van der Waals surface area contributed by atoms with Gasteiger partial charge in [-0.05, 0) is 48.6 Å². The van der Waals surface area contributed by atoms with Gasteiger partial charge in [0.05, 0.1) is 36.8 Å². The Bertz CT molecular complexity index is 1480. The summed E-state index contributed by atoms with van der Waals surface area (Å²) in [4.78, 5) is 49.7. The highest BCUT2D eigenvalue weighted by atomic mass is 19.3. The first-order chi connectivity index (χ1) is 21.3. The lowest BCUT2D eigenvalue weighted by molar-refractivity contribution is -0.139. The fourth-order valence-electron chi connectivity index (χ4n) is 6.91. The summed E-state index contributed by atoms with van der Waals surface area (Å²) in [5.41, 5.74) is -0.835. The summed E-state index contributed by atoms with van der Waals surface area (Å²) >= 11 is 0. The fourth-order valence-corrected chi connectivity index (χ4v) is 6.91. The van der Waals surface area contributed by atoms with Crippen LogP contribution < -0.4 is 14.8 Å². The largest absolute Gasteiger partial charge is 0.497 e. The number of rotatable bonds is 2. The van der Waals surface area contributed by atoms with Gasteiger partial charge in [0.2, 0.25) is 11.8 Å². The molecule has 3 heterocycles. The number of aldehydes is 1. The summed E-state index contributed by atoms with van der Waals surface area (Å²) in [5, 5.41) is 2.75. The van der Waals surface area contributed by atoms with Gasteiger partial charge >= 0.3 is 6.09 Å². The average molecular weight is 631 g/mol. The molecule has 2 aromatic rings. The van der Waals surface area contributed by atoms with Crippen molar-refractivity contribution in [3.8, 4) is 11.6 Å². The number of ether oxygens (including phenoxy) is 4. The molecule has 2 aliphatic heterocycles. The quantitative estimate of drug-likeness (QED) is 0.484. The van der Waals surface area contributed by atoms with E-state index in [9.17, 15) is 14.4 Å². The number of alkyl carbamates (subject to hydrolysis) is 1. The number of amides is 2. The van der Waals surface area contributed by atoms with E-state index in [4.69, 9.17) is 18.9 Å². The standard InChI is InChI=1S/C32H40F2N4O7/c1-16-22(15-39)38-14-24(16)44-28-26(35-20-8-7-18(42-5)13-21(20)36-28)32(33,34)9-6-10-43-25-19-11-17(19)12-23(25)45-30(41)37-27(29(38)40)31(2,3)4/h7-8,13,15-17,19,22-25,27H,6,9-12,14H2,1-5H3,(H,37,41)/t16-,17?,19?,22+,23+,24-,25+,27+/m0/s1. The van der Waals surface area contributed by atoms with E-state index in [2.05, 4.69) is 15.3 Å². The van der Waals surface area contributed by atoms with Gasteiger partial charge in [0.25, 0.3) is 5.92 Å². The lowest BCUT2D eigenvalue weighted by Gasteiger charge is -2.35. The van der Waals surface area contributed by atoms with E-state index in [1.165, 1.54) is 12.0 Å². The van der Waals surface area contributed by atoms with Gasteiger partial charge in [-0.2, -0.15) is 8.78 Å². The van der Waals surface area contributed by atoms with E-state index in [1.54, 1.807) is 45.9 Å². The Hall–Kier alpha value is -3.61. The van der Waals surface area contributed by atoms with Crippen LogP contribution in [0.1, 0.15) is 59.1 Å². The van der Waals surface area contributed by atoms with E-state index in [-0.39, 0.29) is 36.9 Å².